The molecule has 1 amide bonds. The largest absolute Gasteiger partial charge is 0.465 e. The highest BCUT2D eigenvalue weighted by Gasteiger charge is 2.14. The Morgan fingerprint density at radius 3 is 2.42 bits per heavy atom. The second kappa shape index (κ2) is 8.48. The molecule has 0 aromatic heterocycles. The lowest BCUT2D eigenvalue weighted by molar-refractivity contribution is -0.384. The number of methoxy groups -OCH3 is 1. The minimum atomic E-state index is -0.472. The van der Waals surface area contributed by atoms with Gasteiger partial charge >= 0.3 is 5.97 Å². The molecule has 0 unspecified atom stereocenters. The molecule has 26 heavy (non-hydrogen) atoms. The minimum Gasteiger partial charge on any atom is -0.465 e. The summed E-state index contributed by atoms with van der Waals surface area (Å²) in [6.45, 7) is 3.67. The number of rotatable bonds is 6. The maximum atomic E-state index is 12.2. The Hall–Kier alpha value is -2.87. The molecule has 0 fully saturated rings. The lowest BCUT2D eigenvalue weighted by Gasteiger charge is -2.12. The summed E-state index contributed by atoms with van der Waals surface area (Å²) in [6, 6.07) is 9.36. The highest BCUT2D eigenvalue weighted by atomic mass is 32.2. The van der Waals surface area contributed by atoms with Gasteiger partial charge in [0.25, 0.3) is 5.69 Å². The number of esters is 1. The summed E-state index contributed by atoms with van der Waals surface area (Å²) in [4.78, 5) is 34.9. The number of aryl methyl sites for hydroxylation is 1. The second-order valence-corrected chi connectivity index (χ2v) is 6.59. The normalized spacial score (nSPS) is 10.3. The molecule has 0 spiro atoms. The fourth-order valence-corrected chi connectivity index (χ4v) is 2.96. The Morgan fingerprint density at radius 1 is 1.19 bits per heavy atom. The van der Waals surface area contributed by atoms with E-state index in [1.165, 1.54) is 31.0 Å². The molecule has 0 heterocycles. The Balaban J connectivity index is 2.02. The van der Waals surface area contributed by atoms with Crippen molar-refractivity contribution in [2.45, 2.75) is 18.7 Å². The zero-order chi connectivity index (χ0) is 19.3. The molecular formula is C18H18N2O5S. The molecule has 0 aliphatic carbocycles. The van der Waals surface area contributed by atoms with Gasteiger partial charge < -0.3 is 10.1 Å². The molecule has 8 heteroatoms. The standard InChI is InChI=1S/C18H18N2O5S/c1-11-8-13(9-16(12(11)2)18(22)25-3)19-17(21)10-26-15-6-4-14(5-7-15)20(23)24/h4-9H,10H2,1-3H3,(H,19,21). The van der Waals surface area contributed by atoms with Crippen molar-refractivity contribution in [1.82, 2.24) is 0 Å². The molecule has 7 nitrogen and oxygen atoms in total. The van der Waals surface area contributed by atoms with Gasteiger partial charge in [0.1, 0.15) is 0 Å². The predicted molar refractivity (Wildman–Crippen MR) is 99.7 cm³/mol. The van der Waals surface area contributed by atoms with Crippen LogP contribution in [0.1, 0.15) is 21.5 Å². The van der Waals surface area contributed by atoms with Crippen molar-refractivity contribution in [3.63, 3.8) is 0 Å². The first-order valence-electron chi connectivity index (χ1n) is 7.68. The van der Waals surface area contributed by atoms with Crippen molar-refractivity contribution in [2.24, 2.45) is 0 Å². The number of anilines is 1. The van der Waals surface area contributed by atoms with Gasteiger partial charge in [-0.15, -0.1) is 11.8 Å². The van der Waals surface area contributed by atoms with Gasteiger partial charge in [-0.2, -0.15) is 0 Å². The number of non-ortho nitro benzene ring substituents is 1. The summed E-state index contributed by atoms with van der Waals surface area (Å²) in [5, 5.41) is 13.4. The summed E-state index contributed by atoms with van der Waals surface area (Å²) >= 11 is 1.26. The topological polar surface area (TPSA) is 98.5 Å². The van der Waals surface area contributed by atoms with Crippen molar-refractivity contribution in [1.29, 1.82) is 0 Å². The number of thioether (sulfide) groups is 1. The van der Waals surface area contributed by atoms with Gasteiger partial charge in [0.2, 0.25) is 5.91 Å². The lowest BCUT2D eigenvalue weighted by Crippen LogP contribution is -2.15. The van der Waals surface area contributed by atoms with Crippen LogP contribution in [0.2, 0.25) is 0 Å². The number of carbonyl (C=O) groups excluding carboxylic acids is 2. The summed E-state index contributed by atoms with van der Waals surface area (Å²) in [6.07, 6.45) is 0. The van der Waals surface area contributed by atoms with Crippen LogP contribution in [0.3, 0.4) is 0 Å². The Bertz CT molecular complexity index is 849. The van der Waals surface area contributed by atoms with Crippen molar-refractivity contribution in [2.75, 3.05) is 18.2 Å². The molecule has 2 aromatic rings. The van der Waals surface area contributed by atoms with Crippen LogP contribution in [-0.2, 0) is 9.53 Å². The second-order valence-electron chi connectivity index (χ2n) is 5.55. The maximum absolute atomic E-state index is 12.2. The monoisotopic (exact) mass is 374 g/mol. The number of ether oxygens (including phenoxy) is 1. The van der Waals surface area contributed by atoms with Crippen LogP contribution in [0, 0.1) is 24.0 Å². The first-order chi connectivity index (χ1) is 12.3. The summed E-state index contributed by atoms with van der Waals surface area (Å²) in [7, 11) is 1.31. The highest BCUT2D eigenvalue weighted by molar-refractivity contribution is 8.00. The molecule has 1 N–H and O–H groups in total. The number of nitro benzene ring substituents is 1. The van der Waals surface area contributed by atoms with E-state index in [0.29, 0.717) is 11.3 Å². The van der Waals surface area contributed by atoms with Crippen molar-refractivity contribution in [3.8, 4) is 0 Å². The number of nitrogens with zero attached hydrogens (tertiary/aromatic N) is 1. The molecule has 0 saturated carbocycles. The quantitative estimate of drug-likeness (QED) is 0.358. The van der Waals surface area contributed by atoms with Crippen LogP contribution in [0.15, 0.2) is 41.3 Å². The Kier molecular flexibility index (Phi) is 6.35. The van der Waals surface area contributed by atoms with Gasteiger partial charge in [-0.1, -0.05) is 0 Å². The fourth-order valence-electron chi connectivity index (χ4n) is 2.26. The van der Waals surface area contributed by atoms with E-state index in [4.69, 9.17) is 4.74 Å². The van der Waals surface area contributed by atoms with E-state index in [9.17, 15) is 19.7 Å². The SMILES string of the molecule is COC(=O)c1cc(NC(=O)CSc2ccc([N+](=O)[O-])cc2)cc(C)c1C. The number of nitro groups is 1. The van der Waals surface area contributed by atoms with Gasteiger partial charge in [0.15, 0.2) is 0 Å². The zero-order valence-electron chi connectivity index (χ0n) is 14.6. The van der Waals surface area contributed by atoms with Crippen molar-refractivity contribution >= 4 is 35.0 Å². The van der Waals surface area contributed by atoms with Gasteiger partial charge in [0, 0.05) is 22.7 Å². The first-order valence-corrected chi connectivity index (χ1v) is 8.67. The lowest BCUT2D eigenvalue weighted by atomic mass is 10.0. The summed E-state index contributed by atoms with van der Waals surface area (Å²) in [5.74, 6) is -0.562. The van der Waals surface area contributed by atoms with Crippen LogP contribution in [0.25, 0.3) is 0 Å². The van der Waals surface area contributed by atoms with E-state index in [2.05, 4.69) is 5.32 Å². The minimum absolute atomic E-state index is 0.00396. The number of benzene rings is 2. The molecule has 2 rings (SSSR count). The number of amides is 1. The third-order valence-electron chi connectivity index (χ3n) is 3.77. The molecule has 0 aliphatic heterocycles. The van der Waals surface area contributed by atoms with Gasteiger partial charge in [0.05, 0.1) is 23.3 Å². The molecule has 0 radical (unpaired) electrons. The first kappa shape index (κ1) is 19.5. The molecule has 0 aliphatic rings. The van der Waals surface area contributed by atoms with Crippen LogP contribution in [0.5, 0.6) is 0 Å². The van der Waals surface area contributed by atoms with E-state index < -0.39 is 10.9 Å². The zero-order valence-corrected chi connectivity index (χ0v) is 15.4. The highest BCUT2D eigenvalue weighted by Crippen LogP contribution is 2.23. The number of nitrogens with one attached hydrogen (secondary N) is 1. The molecule has 0 atom stereocenters. The molecule has 0 saturated heterocycles. The van der Waals surface area contributed by atoms with Gasteiger partial charge in [-0.25, -0.2) is 4.79 Å². The van der Waals surface area contributed by atoms with E-state index in [0.717, 1.165) is 16.0 Å². The van der Waals surface area contributed by atoms with Crippen molar-refractivity contribution < 1.29 is 19.2 Å². The number of carbonyl (C=O) groups is 2. The van der Waals surface area contributed by atoms with Crippen LogP contribution in [-0.4, -0.2) is 29.7 Å². The Labute approximate surface area is 154 Å². The number of hydrogen-bond acceptors (Lipinski definition) is 6. The average molecular weight is 374 g/mol. The average Bonchev–Trinajstić information content (AvgIpc) is 2.62. The third kappa shape index (κ3) is 4.82. The van der Waals surface area contributed by atoms with E-state index in [1.54, 1.807) is 24.3 Å². The Morgan fingerprint density at radius 2 is 1.85 bits per heavy atom. The molecule has 0 bridgehead atoms. The van der Waals surface area contributed by atoms with E-state index >= 15 is 0 Å². The molecule has 2 aromatic carbocycles. The summed E-state index contributed by atoms with van der Waals surface area (Å²) < 4.78 is 4.76. The van der Waals surface area contributed by atoms with E-state index in [1.807, 2.05) is 13.8 Å². The maximum Gasteiger partial charge on any atom is 0.338 e. The van der Waals surface area contributed by atoms with E-state index in [-0.39, 0.29) is 17.3 Å². The third-order valence-corrected chi connectivity index (χ3v) is 4.79. The van der Waals surface area contributed by atoms with Crippen molar-refractivity contribution in [3.05, 3.63) is 63.2 Å². The molecule has 136 valence electrons. The van der Waals surface area contributed by atoms with Crippen LogP contribution in [0.4, 0.5) is 11.4 Å². The summed E-state index contributed by atoms with van der Waals surface area (Å²) in [5.41, 5.74) is 2.60. The van der Waals surface area contributed by atoms with Gasteiger partial charge in [-0.05, 0) is 49.2 Å². The number of hydrogen-bond donors (Lipinski definition) is 1. The smallest absolute Gasteiger partial charge is 0.338 e. The van der Waals surface area contributed by atoms with Gasteiger partial charge in [-0.3, -0.25) is 14.9 Å². The predicted octanol–water partition coefficient (Wildman–Crippen LogP) is 3.73. The molecular weight excluding hydrogens is 356 g/mol. The van der Waals surface area contributed by atoms with Crippen LogP contribution >= 0.6 is 11.8 Å². The van der Waals surface area contributed by atoms with Crippen LogP contribution < -0.4 is 5.32 Å². The fraction of sp³-hybridized carbons (Fsp3) is 0.222.